The molecule has 2 aliphatic heterocycles. The number of hydrogen-bond acceptors (Lipinski definition) is 3. The van der Waals surface area contributed by atoms with Crippen molar-refractivity contribution in [2.45, 2.75) is 20.4 Å². The second kappa shape index (κ2) is 9.08. The van der Waals surface area contributed by atoms with Crippen molar-refractivity contribution in [2.75, 3.05) is 57.8 Å². The quantitative estimate of drug-likeness (QED) is 0.500. The summed E-state index contributed by atoms with van der Waals surface area (Å²) >= 11 is 0. The fourth-order valence-electron chi connectivity index (χ4n) is 3.69. The highest BCUT2D eigenvalue weighted by atomic mass is 15.3. The molecule has 0 saturated carbocycles. The lowest BCUT2D eigenvalue weighted by atomic mass is 10.2. The summed E-state index contributed by atoms with van der Waals surface area (Å²) in [4.78, 5) is 11.8. The number of piperazine rings is 1. The van der Waals surface area contributed by atoms with Gasteiger partial charge in [-0.05, 0) is 23.6 Å². The summed E-state index contributed by atoms with van der Waals surface area (Å²) in [5.41, 5.74) is 2.59. The van der Waals surface area contributed by atoms with Crippen LogP contribution in [0.3, 0.4) is 0 Å². The van der Waals surface area contributed by atoms with Crippen LogP contribution in [-0.4, -0.2) is 68.6 Å². The van der Waals surface area contributed by atoms with E-state index in [0.717, 1.165) is 57.7 Å². The second-order valence-corrected chi connectivity index (χ2v) is 7.63. The average Bonchev–Trinajstić information content (AvgIpc) is 3.18. The SMILES string of the molecule is CN=C(NCc1ccc(N2CC=CC2)cc1)N1CCN(CC(C)C)CC1. The maximum absolute atomic E-state index is 4.49. The Morgan fingerprint density at radius 1 is 1.04 bits per heavy atom. The van der Waals surface area contributed by atoms with Gasteiger partial charge in [-0.25, -0.2) is 0 Å². The van der Waals surface area contributed by atoms with Gasteiger partial charge < -0.3 is 15.1 Å². The van der Waals surface area contributed by atoms with Crippen LogP contribution in [0.15, 0.2) is 41.4 Å². The molecule has 26 heavy (non-hydrogen) atoms. The van der Waals surface area contributed by atoms with Gasteiger partial charge in [-0.1, -0.05) is 38.1 Å². The second-order valence-electron chi connectivity index (χ2n) is 7.63. The van der Waals surface area contributed by atoms with Crippen LogP contribution in [0.4, 0.5) is 5.69 Å². The maximum atomic E-state index is 4.49. The van der Waals surface area contributed by atoms with Crippen molar-refractivity contribution in [2.24, 2.45) is 10.9 Å². The number of benzene rings is 1. The molecule has 1 aromatic rings. The summed E-state index contributed by atoms with van der Waals surface area (Å²) in [6, 6.07) is 8.87. The van der Waals surface area contributed by atoms with Gasteiger partial charge in [0.05, 0.1) is 0 Å². The van der Waals surface area contributed by atoms with Gasteiger partial charge in [0.15, 0.2) is 5.96 Å². The van der Waals surface area contributed by atoms with Crippen LogP contribution in [0.2, 0.25) is 0 Å². The predicted octanol–water partition coefficient (Wildman–Crippen LogP) is 2.41. The highest BCUT2D eigenvalue weighted by Crippen LogP contribution is 2.17. The third-order valence-electron chi connectivity index (χ3n) is 5.08. The zero-order valence-electron chi connectivity index (χ0n) is 16.5. The largest absolute Gasteiger partial charge is 0.364 e. The van der Waals surface area contributed by atoms with Crippen molar-refractivity contribution in [3.63, 3.8) is 0 Å². The maximum Gasteiger partial charge on any atom is 0.194 e. The fourth-order valence-corrected chi connectivity index (χ4v) is 3.69. The van der Waals surface area contributed by atoms with E-state index in [2.05, 4.69) is 75.3 Å². The summed E-state index contributed by atoms with van der Waals surface area (Å²) < 4.78 is 0. The molecule has 0 aliphatic carbocycles. The van der Waals surface area contributed by atoms with Gasteiger partial charge >= 0.3 is 0 Å². The van der Waals surface area contributed by atoms with E-state index in [0.29, 0.717) is 0 Å². The summed E-state index contributed by atoms with van der Waals surface area (Å²) in [5.74, 6) is 1.75. The summed E-state index contributed by atoms with van der Waals surface area (Å²) in [6.07, 6.45) is 4.45. The van der Waals surface area contributed by atoms with Gasteiger partial charge in [0.2, 0.25) is 0 Å². The van der Waals surface area contributed by atoms with Crippen molar-refractivity contribution in [3.05, 3.63) is 42.0 Å². The number of guanidine groups is 1. The molecule has 1 aromatic carbocycles. The first-order valence-corrected chi connectivity index (χ1v) is 9.82. The Hall–Kier alpha value is -2.01. The molecular weight excluding hydrogens is 322 g/mol. The Balaban J connectivity index is 1.47. The lowest BCUT2D eigenvalue weighted by molar-refractivity contribution is 0.164. The van der Waals surface area contributed by atoms with E-state index in [9.17, 15) is 0 Å². The van der Waals surface area contributed by atoms with E-state index in [1.54, 1.807) is 0 Å². The minimum atomic E-state index is 0.735. The smallest absolute Gasteiger partial charge is 0.194 e. The lowest BCUT2D eigenvalue weighted by Gasteiger charge is -2.37. The van der Waals surface area contributed by atoms with E-state index in [1.807, 2.05) is 7.05 Å². The Labute approximate surface area is 158 Å². The summed E-state index contributed by atoms with van der Waals surface area (Å²) in [7, 11) is 1.88. The number of anilines is 1. The number of hydrogen-bond donors (Lipinski definition) is 1. The minimum absolute atomic E-state index is 0.735. The number of aliphatic imine (C=N–C) groups is 1. The molecule has 0 spiro atoms. The van der Waals surface area contributed by atoms with Gasteiger partial charge in [-0.15, -0.1) is 0 Å². The number of rotatable bonds is 5. The monoisotopic (exact) mass is 355 g/mol. The fraction of sp³-hybridized carbons (Fsp3) is 0.571. The Morgan fingerprint density at radius 2 is 1.69 bits per heavy atom. The van der Waals surface area contributed by atoms with Crippen molar-refractivity contribution in [1.29, 1.82) is 0 Å². The molecule has 0 aromatic heterocycles. The first-order valence-electron chi connectivity index (χ1n) is 9.82. The van der Waals surface area contributed by atoms with Crippen molar-refractivity contribution in [1.82, 2.24) is 15.1 Å². The van der Waals surface area contributed by atoms with Crippen LogP contribution in [0, 0.1) is 5.92 Å². The van der Waals surface area contributed by atoms with Crippen molar-refractivity contribution >= 4 is 11.6 Å². The third-order valence-corrected chi connectivity index (χ3v) is 5.08. The van der Waals surface area contributed by atoms with Crippen LogP contribution in [0.1, 0.15) is 19.4 Å². The first kappa shape index (κ1) is 18.8. The Bertz CT molecular complexity index is 604. The molecule has 5 nitrogen and oxygen atoms in total. The minimum Gasteiger partial charge on any atom is -0.364 e. The Morgan fingerprint density at radius 3 is 2.27 bits per heavy atom. The molecule has 2 aliphatic rings. The van der Waals surface area contributed by atoms with Crippen molar-refractivity contribution in [3.8, 4) is 0 Å². The normalized spacial score (nSPS) is 18.8. The molecule has 142 valence electrons. The Kier molecular flexibility index (Phi) is 6.56. The van der Waals surface area contributed by atoms with Gasteiger partial charge in [-0.3, -0.25) is 9.89 Å². The molecule has 2 heterocycles. The van der Waals surface area contributed by atoms with Crippen LogP contribution >= 0.6 is 0 Å². The molecule has 1 saturated heterocycles. The molecule has 3 rings (SSSR count). The molecule has 5 heteroatoms. The standard InChI is InChI=1S/C21H33N5/c1-18(2)17-24-12-14-26(15-13-24)21(22-3)23-16-19-6-8-20(9-7-19)25-10-4-5-11-25/h4-9,18H,10-17H2,1-3H3,(H,22,23). The zero-order chi connectivity index (χ0) is 18.4. The van der Waals surface area contributed by atoms with Crippen LogP contribution in [0.5, 0.6) is 0 Å². The van der Waals surface area contributed by atoms with E-state index in [4.69, 9.17) is 0 Å². The van der Waals surface area contributed by atoms with Gasteiger partial charge in [0.25, 0.3) is 0 Å². The molecule has 0 atom stereocenters. The third kappa shape index (κ3) is 5.01. The first-order chi connectivity index (χ1) is 12.7. The summed E-state index contributed by atoms with van der Waals surface area (Å²) in [5, 5.41) is 3.53. The van der Waals surface area contributed by atoms with Crippen molar-refractivity contribution < 1.29 is 0 Å². The molecule has 0 bridgehead atoms. The molecule has 0 radical (unpaired) electrons. The highest BCUT2D eigenvalue weighted by molar-refractivity contribution is 5.80. The zero-order valence-corrected chi connectivity index (χ0v) is 16.5. The van der Waals surface area contributed by atoms with E-state index in [-0.39, 0.29) is 0 Å². The number of nitrogens with zero attached hydrogens (tertiary/aromatic N) is 4. The number of nitrogens with one attached hydrogen (secondary N) is 1. The highest BCUT2D eigenvalue weighted by Gasteiger charge is 2.19. The molecular formula is C21H33N5. The van der Waals surface area contributed by atoms with Crippen LogP contribution in [0.25, 0.3) is 0 Å². The van der Waals surface area contributed by atoms with Gasteiger partial charge in [-0.2, -0.15) is 0 Å². The van der Waals surface area contributed by atoms with Crippen LogP contribution in [-0.2, 0) is 6.54 Å². The van der Waals surface area contributed by atoms with E-state index < -0.39 is 0 Å². The van der Waals surface area contributed by atoms with E-state index >= 15 is 0 Å². The van der Waals surface area contributed by atoms with Gasteiger partial charge in [0, 0.05) is 65.1 Å². The average molecular weight is 356 g/mol. The molecule has 1 fully saturated rings. The molecule has 0 unspecified atom stereocenters. The molecule has 0 amide bonds. The summed E-state index contributed by atoms with van der Waals surface area (Å²) in [6.45, 7) is 13.0. The van der Waals surface area contributed by atoms with Crippen LogP contribution < -0.4 is 10.2 Å². The lowest BCUT2D eigenvalue weighted by Crippen LogP contribution is -2.52. The van der Waals surface area contributed by atoms with Gasteiger partial charge in [0.1, 0.15) is 0 Å². The topological polar surface area (TPSA) is 34.1 Å². The molecule has 1 N–H and O–H groups in total. The predicted molar refractivity (Wildman–Crippen MR) is 111 cm³/mol. The van der Waals surface area contributed by atoms with E-state index in [1.165, 1.54) is 17.8 Å².